The van der Waals surface area contributed by atoms with E-state index in [0.29, 0.717) is 24.1 Å². The van der Waals surface area contributed by atoms with Crippen LogP contribution in [0, 0.1) is 0 Å². The van der Waals surface area contributed by atoms with Gasteiger partial charge in [0.25, 0.3) is 0 Å². The predicted molar refractivity (Wildman–Crippen MR) is 109 cm³/mol. The van der Waals surface area contributed by atoms with Crippen LogP contribution in [0.4, 0.5) is 0 Å². The quantitative estimate of drug-likeness (QED) is 0.443. The highest BCUT2D eigenvalue weighted by molar-refractivity contribution is 7.99. The number of hydrogen-bond donors (Lipinski definition) is 1. The molecule has 7 nitrogen and oxygen atoms in total. The first kappa shape index (κ1) is 19.6. The molecule has 0 spiro atoms. The Hall–Kier alpha value is -3.13. The average Bonchev–Trinajstić information content (AvgIpc) is 3.14. The molecule has 0 aliphatic rings. The Labute approximate surface area is 167 Å². The van der Waals surface area contributed by atoms with Gasteiger partial charge < -0.3 is 10.1 Å². The molecule has 144 valence electrons. The molecule has 0 fully saturated rings. The number of nitrogens with zero attached hydrogens (tertiary/aromatic N) is 4. The number of pyridine rings is 1. The van der Waals surface area contributed by atoms with Crippen molar-refractivity contribution in [1.82, 2.24) is 25.1 Å². The largest absolute Gasteiger partial charge is 0.497 e. The molecule has 0 aliphatic heterocycles. The Kier molecular flexibility index (Phi) is 6.80. The van der Waals surface area contributed by atoms with Crippen LogP contribution in [0.5, 0.6) is 5.75 Å². The van der Waals surface area contributed by atoms with Gasteiger partial charge in [0.1, 0.15) is 5.75 Å². The Morgan fingerprint density at radius 3 is 2.93 bits per heavy atom. The van der Waals surface area contributed by atoms with Gasteiger partial charge in [-0.25, -0.2) is 0 Å². The third-order valence-electron chi connectivity index (χ3n) is 3.88. The zero-order valence-electron chi connectivity index (χ0n) is 15.5. The maximum Gasteiger partial charge on any atom is 0.230 e. The first-order valence-corrected chi connectivity index (χ1v) is 9.67. The van der Waals surface area contributed by atoms with Crippen LogP contribution in [0.25, 0.3) is 11.4 Å². The summed E-state index contributed by atoms with van der Waals surface area (Å²) in [7, 11) is 1.62. The van der Waals surface area contributed by atoms with Crippen LogP contribution >= 0.6 is 11.8 Å². The molecule has 8 heteroatoms. The molecule has 3 rings (SSSR count). The number of ether oxygens (including phenoxy) is 1. The van der Waals surface area contributed by atoms with Gasteiger partial charge in [-0.3, -0.25) is 14.3 Å². The van der Waals surface area contributed by atoms with Crippen molar-refractivity contribution < 1.29 is 9.53 Å². The second kappa shape index (κ2) is 9.70. The Morgan fingerprint density at radius 2 is 2.18 bits per heavy atom. The smallest absolute Gasteiger partial charge is 0.230 e. The van der Waals surface area contributed by atoms with Gasteiger partial charge in [0, 0.05) is 18.3 Å². The number of benzene rings is 1. The SMILES string of the molecule is C=CCn1c(SCC(=O)NCc2ccccn2)nnc1-c1cccc(OC)c1. The number of methoxy groups -OCH3 is 1. The van der Waals surface area contributed by atoms with Gasteiger partial charge in [-0.2, -0.15) is 0 Å². The van der Waals surface area contributed by atoms with Gasteiger partial charge in [-0.15, -0.1) is 16.8 Å². The number of carbonyl (C=O) groups excluding carboxylic acids is 1. The average molecular weight is 395 g/mol. The zero-order chi connectivity index (χ0) is 19.8. The van der Waals surface area contributed by atoms with Crippen molar-refractivity contribution >= 4 is 17.7 Å². The third kappa shape index (κ3) is 4.98. The molecule has 0 saturated heterocycles. The Balaban J connectivity index is 1.67. The summed E-state index contributed by atoms with van der Waals surface area (Å²) in [4.78, 5) is 16.4. The first-order valence-electron chi connectivity index (χ1n) is 8.69. The number of thioether (sulfide) groups is 1. The van der Waals surface area contributed by atoms with Gasteiger partial charge in [0.15, 0.2) is 11.0 Å². The molecule has 1 aromatic carbocycles. The lowest BCUT2D eigenvalue weighted by atomic mass is 10.2. The van der Waals surface area contributed by atoms with Crippen molar-refractivity contribution in [1.29, 1.82) is 0 Å². The van der Waals surface area contributed by atoms with Gasteiger partial charge in [0.05, 0.1) is 25.1 Å². The van der Waals surface area contributed by atoms with Crippen LogP contribution in [0.1, 0.15) is 5.69 Å². The minimum absolute atomic E-state index is 0.0910. The van der Waals surface area contributed by atoms with E-state index in [2.05, 4.69) is 27.1 Å². The van der Waals surface area contributed by atoms with Gasteiger partial charge in [0.2, 0.25) is 5.91 Å². The molecule has 2 aromatic heterocycles. The van der Waals surface area contributed by atoms with Gasteiger partial charge in [-0.05, 0) is 24.3 Å². The minimum atomic E-state index is -0.0910. The van der Waals surface area contributed by atoms with E-state index in [9.17, 15) is 4.79 Å². The van der Waals surface area contributed by atoms with Crippen LogP contribution < -0.4 is 10.1 Å². The maximum atomic E-state index is 12.2. The van der Waals surface area contributed by atoms with E-state index in [4.69, 9.17) is 4.74 Å². The zero-order valence-corrected chi connectivity index (χ0v) is 16.4. The monoisotopic (exact) mass is 395 g/mol. The summed E-state index contributed by atoms with van der Waals surface area (Å²) in [5, 5.41) is 12.1. The third-order valence-corrected chi connectivity index (χ3v) is 4.85. The lowest BCUT2D eigenvalue weighted by Gasteiger charge is -2.09. The Bertz CT molecular complexity index is 943. The van der Waals surface area contributed by atoms with Crippen LogP contribution in [0.3, 0.4) is 0 Å². The van der Waals surface area contributed by atoms with E-state index in [0.717, 1.165) is 17.0 Å². The maximum absolute atomic E-state index is 12.2. The standard InChI is InChI=1S/C20H21N5O2S/c1-3-11-25-19(15-7-6-9-17(12-15)27-2)23-24-20(25)28-14-18(26)22-13-16-8-4-5-10-21-16/h3-10,12H,1,11,13-14H2,2H3,(H,22,26). The normalized spacial score (nSPS) is 10.5. The van der Waals surface area contributed by atoms with E-state index in [1.807, 2.05) is 47.0 Å². The van der Waals surface area contributed by atoms with E-state index < -0.39 is 0 Å². The van der Waals surface area contributed by atoms with Gasteiger partial charge in [-0.1, -0.05) is 36.0 Å². The lowest BCUT2D eigenvalue weighted by molar-refractivity contribution is -0.118. The molecule has 1 amide bonds. The highest BCUT2D eigenvalue weighted by Gasteiger charge is 2.15. The summed E-state index contributed by atoms with van der Waals surface area (Å²) >= 11 is 1.33. The van der Waals surface area contributed by atoms with Crippen LogP contribution in [-0.2, 0) is 17.9 Å². The van der Waals surface area contributed by atoms with Crippen LogP contribution in [0.15, 0.2) is 66.5 Å². The van der Waals surface area contributed by atoms with Crippen molar-refractivity contribution in [2.75, 3.05) is 12.9 Å². The second-order valence-electron chi connectivity index (χ2n) is 5.82. The number of nitrogens with one attached hydrogen (secondary N) is 1. The molecule has 28 heavy (non-hydrogen) atoms. The highest BCUT2D eigenvalue weighted by Crippen LogP contribution is 2.26. The topological polar surface area (TPSA) is 81.9 Å². The number of amides is 1. The number of carbonyl (C=O) groups is 1. The summed E-state index contributed by atoms with van der Waals surface area (Å²) in [5.41, 5.74) is 1.70. The van der Waals surface area contributed by atoms with Crippen LogP contribution in [0.2, 0.25) is 0 Å². The fourth-order valence-electron chi connectivity index (χ4n) is 2.54. The molecular weight excluding hydrogens is 374 g/mol. The summed E-state index contributed by atoms with van der Waals surface area (Å²) < 4.78 is 7.21. The number of allylic oxidation sites excluding steroid dienone is 1. The molecule has 0 radical (unpaired) electrons. The predicted octanol–water partition coefficient (Wildman–Crippen LogP) is 2.94. The molecule has 0 atom stereocenters. The molecular formula is C20H21N5O2S. The lowest BCUT2D eigenvalue weighted by Crippen LogP contribution is -2.25. The second-order valence-corrected chi connectivity index (χ2v) is 6.77. The van der Waals surface area contributed by atoms with Crippen molar-refractivity contribution in [3.63, 3.8) is 0 Å². The molecule has 3 aromatic rings. The molecule has 2 heterocycles. The summed E-state index contributed by atoms with van der Waals surface area (Å²) in [6, 6.07) is 13.2. The number of hydrogen-bond acceptors (Lipinski definition) is 6. The molecule has 0 unspecified atom stereocenters. The molecule has 0 bridgehead atoms. The van der Waals surface area contributed by atoms with Crippen molar-refractivity contribution in [2.45, 2.75) is 18.2 Å². The van der Waals surface area contributed by atoms with Gasteiger partial charge >= 0.3 is 0 Å². The Morgan fingerprint density at radius 1 is 1.29 bits per heavy atom. The fraction of sp³-hybridized carbons (Fsp3) is 0.200. The van der Waals surface area contributed by atoms with E-state index in [1.54, 1.807) is 19.4 Å². The van der Waals surface area contributed by atoms with Crippen molar-refractivity contribution in [3.05, 3.63) is 67.0 Å². The van der Waals surface area contributed by atoms with E-state index in [1.165, 1.54) is 11.8 Å². The van der Waals surface area contributed by atoms with E-state index in [-0.39, 0.29) is 11.7 Å². The molecule has 0 saturated carbocycles. The summed E-state index contributed by atoms with van der Waals surface area (Å²) in [5.74, 6) is 1.59. The van der Waals surface area contributed by atoms with Crippen LogP contribution in [-0.4, -0.2) is 38.5 Å². The van der Waals surface area contributed by atoms with E-state index >= 15 is 0 Å². The number of rotatable bonds is 9. The fourth-order valence-corrected chi connectivity index (χ4v) is 3.32. The highest BCUT2D eigenvalue weighted by atomic mass is 32.2. The molecule has 0 aliphatic carbocycles. The minimum Gasteiger partial charge on any atom is -0.497 e. The number of aromatic nitrogens is 4. The summed E-state index contributed by atoms with van der Waals surface area (Å²) in [6.45, 7) is 4.74. The van der Waals surface area contributed by atoms with Crippen molar-refractivity contribution in [3.8, 4) is 17.1 Å². The first-order chi connectivity index (χ1) is 13.7. The molecule has 1 N–H and O–H groups in total. The summed E-state index contributed by atoms with van der Waals surface area (Å²) in [6.07, 6.45) is 3.48. The van der Waals surface area contributed by atoms with Crippen molar-refractivity contribution in [2.24, 2.45) is 0 Å².